The summed E-state index contributed by atoms with van der Waals surface area (Å²) < 4.78 is 0.743. The highest BCUT2D eigenvalue weighted by Crippen LogP contribution is 2.36. The fraction of sp³-hybridized carbons (Fsp3) is 0.227. The SMILES string of the molecule is O=C(O)C1CN(Cc2ccc(-c3ccc(Cl)s3)s2)CC(=O)N1Cc1cc2cnccc2[nH]1. The lowest BCUT2D eigenvalue weighted by molar-refractivity contribution is -0.156. The van der Waals surface area contributed by atoms with Crippen LogP contribution in [-0.2, 0) is 22.7 Å². The van der Waals surface area contributed by atoms with Crippen LogP contribution in [0.2, 0.25) is 4.34 Å². The number of thiophene rings is 2. The molecule has 1 aliphatic heterocycles. The van der Waals surface area contributed by atoms with Crippen molar-refractivity contribution in [1.29, 1.82) is 0 Å². The van der Waals surface area contributed by atoms with Gasteiger partial charge in [0.1, 0.15) is 6.04 Å². The molecule has 1 atom stereocenters. The van der Waals surface area contributed by atoms with Crippen molar-refractivity contribution in [2.75, 3.05) is 13.1 Å². The summed E-state index contributed by atoms with van der Waals surface area (Å²) >= 11 is 9.20. The molecule has 0 aromatic carbocycles. The molecule has 1 amide bonds. The summed E-state index contributed by atoms with van der Waals surface area (Å²) in [7, 11) is 0. The molecule has 0 spiro atoms. The van der Waals surface area contributed by atoms with Crippen LogP contribution in [0.5, 0.6) is 0 Å². The summed E-state index contributed by atoms with van der Waals surface area (Å²) in [5.74, 6) is -1.19. The number of piperazine rings is 1. The predicted molar refractivity (Wildman–Crippen MR) is 126 cm³/mol. The largest absolute Gasteiger partial charge is 0.480 e. The van der Waals surface area contributed by atoms with Gasteiger partial charge in [-0.3, -0.25) is 14.7 Å². The highest BCUT2D eigenvalue weighted by molar-refractivity contribution is 7.24. The van der Waals surface area contributed by atoms with E-state index in [9.17, 15) is 14.7 Å². The number of H-pyrrole nitrogens is 1. The van der Waals surface area contributed by atoms with Crippen LogP contribution in [0.3, 0.4) is 0 Å². The van der Waals surface area contributed by atoms with Crippen molar-refractivity contribution in [2.45, 2.75) is 19.1 Å². The van der Waals surface area contributed by atoms with E-state index in [2.05, 4.69) is 9.97 Å². The lowest BCUT2D eigenvalue weighted by Crippen LogP contribution is -2.58. The Balaban J connectivity index is 1.30. The van der Waals surface area contributed by atoms with Crippen LogP contribution in [0.4, 0.5) is 0 Å². The molecule has 5 rings (SSSR count). The molecule has 1 fully saturated rings. The quantitative estimate of drug-likeness (QED) is 0.424. The van der Waals surface area contributed by atoms with Gasteiger partial charge in [-0.25, -0.2) is 4.79 Å². The zero-order valence-electron chi connectivity index (χ0n) is 16.8. The number of aromatic amines is 1. The van der Waals surface area contributed by atoms with Gasteiger partial charge in [0.05, 0.1) is 17.4 Å². The molecule has 4 aromatic heterocycles. The highest BCUT2D eigenvalue weighted by Gasteiger charge is 2.37. The Hall–Kier alpha value is -2.72. The number of carbonyl (C=O) groups excluding carboxylic acids is 1. The average Bonchev–Trinajstić information content (AvgIpc) is 3.48. The van der Waals surface area contributed by atoms with Crippen molar-refractivity contribution >= 4 is 57.1 Å². The molecule has 1 aliphatic rings. The molecule has 4 aromatic rings. The first kappa shape index (κ1) is 21.1. The number of carboxylic acid groups (broad SMARTS) is 1. The first-order valence-corrected chi connectivity index (χ1v) is 12.0. The van der Waals surface area contributed by atoms with Crippen molar-refractivity contribution in [1.82, 2.24) is 19.8 Å². The first-order valence-electron chi connectivity index (χ1n) is 9.97. The molecule has 2 N–H and O–H groups in total. The third-order valence-electron chi connectivity index (χ3n) is 5.45. The van der Waals surface area contributed by atoms with Gasteiger partial charge in [0, 0.05) is 56.7 Å². The second-order valence-corrected chi connectivity index (χ2v) is 10.6. The van der Waals surface area contributed by atoms with Crippen molar-refractivity contribution in [3.05, 3.63) is 63.7 Å². The fourth-order valence-electron chi connectivity index (χ4n) is 3.96. The maximum atomic E-state index is 12.9. The molecule has 32 heavy (non-hydrogen) atoms. The Bertz CT molecular complexity index is 1260. The second kappa shape index (κ2) is 8.67. The maximum Gasteiger partial charge on any atom is 0.327 e. The minimum atomic E-state index is -0.999. The van der Waals surface area contributed by atoms with Gasteiger partial charge in [0.25, 0.3) is 0 Å². The van der Waals surface area contributed by atoms with Gasteiger partial charge < -0.3 is 15.0 Å². The molecule has 0 saturated carbocycles. The van der Waals surface area contributed by atoms with Crippen LogP contribution in [-0.4, -0.2) is 55.9 Å². The Morgan fingerprint density at radius 2 is 2.00 bits per heavy atom. The molecule has 10 heteroatoms. The molecule has 0 radical (unpaired) electrons. The highest BCUT2D eigenvalue weighted by atomic mass is 35.5. The number of pyridine rings is 1. The zero-order chi connectivity index (χ0) is 22.2. The van der Waals surface area contributed by atoms with Gasteiger partial charge in [-0.1, -0.05) is 11.6 Å². The third-order valence-corrected chi connectivity index (χ3v) is 7.94. The van der Waals surface area contributed by atoms with Crippen molar-refractivity contribution in [3.8, 4) is 9.75 Å². The molecular weight excluding hydrogens is 468 g/mol. The minimum Gasteiger partial charge on any atom is -0.480 e. The van der Waals surface area contributed by atoms with Crippen LogP contribution < -0.4 is 0 Å². The first-order chi connectivity index (χ1) is 15.5. The summed E-state index contributed by atoms with van der Waals surface area (Å²) in [4.78, 5) is 39.0. The molecule has 1 saturated heterocycles. The van der Waals surface area contributed by atoms with Gasteiger partial charge in [-0.15, -0.1) is 22.7 Å². The van der Waals surface area contributed by atoms with E-state index in [1.807, 2.05) is 41.3 Å². The molecule has 0 bridgehead atoms. The van der Waals surface area contributed by atoms with Crippen LogP contribution in [0.15, 0.2) is 48.8 Å². The monoisotopic (exact) mass is 486 g/mol. The number of nitrogens with one attached hydrogen (secondary N) is 1. The van der Waals surface area contributed by atoms with E-state index in [-0.39, 0.29) is 25.5 Å². The summed E-state index contributed by atoms with van der Waals surface area (Å²) in [6.45, 7) is 1.22. The summed E-state index contributed by atoms with van der Waals surface area (Å²) in [6.07, 6.45) is 3.43. The lowest BCUT2D eigenvalue weighted by Gasteiger charge is -2.38. The normalized spacial score (nSPS) is 17.3. The summed E-state index contributed by atoms with van der Waals surface area (Å²) in [6, 6.07) is 10.8. The van der Waals surface area contributed by atoms with Crippen molar-refractivity contribution < 1.29 is 14.7 Å². The smallest absolute Gasteiger partial charge is 0.327 e. The fourth-order valence-corrected chi connectivity index (χ4v) is 6.14. The number of carboxylic acids is 1. The van der Waals surface area contributed by atoms with Gasteiger partial charge in [-0.05, 0) is 36.4 Å². The van der Waals surface area contributed by atoms with E-state index in [1.165, 1.54) is 16.2 Å². The van der Waals surface area contributed by atoms with Gasteiger partial charge in [0.2, 0.25) is 5.91 Å². The number of carbonyl (C=O) groups is 2. The Morgan fingerprint density at radius 1 is 1.19 bits per heavy atom. The third kappa shape index (κ3) is 4.29. The maximum absolute atomic E-state index is 12.9. The van der Waals surface area contributed by atoms with Crippen molar-refractivity contribution in [2.24, 2.45) is 0 Å². The standard InChI is InChI=1S/C22H19ClN4O3S2/c23-20-4-3-19(32-20)18-2-1-15(31-18)10-26-11-17(22(29)30)27(21(28)12-26)9-14-7-13-8-24-6-5-16(13)25-14/h1-8,17,25H,9-12H2,(H,29,30). The number of nitrogens with zero attached hydrogens (tertiary/aromatic N) is 3. The van der Waals surface area contributed by atoms with Crippen LogP contribution in [0, 0.1) is 0 Å². The Kier molecular flexibility index (Phi) is 5.73. The molecule has 5 heterocycles. The zero-order valence-corrected chi connectivity index (χ0v) is 19.2. The molecule has 164 valence electrons. The topological polar surface area (TPSA) is 89.5 Å². The molecule has 0 aliphatic carbocycles. The van der Waals surface area contributed by atoms with E-state index in [4.69, 9.17) is 11.6 Å². The number of hydrogen-bond donors (Lipinski definition) is 2. The summed E-state index contributed by atoms with van der Waals surface area (Å²) in [5.41, 5.74) is 1.70. The number of aliphatic carboxylic acids is 1. The summed E-state index contributed by atoms with van der Waals surface area (Å²) in [5, 5.41) is 10.8. The number of rotatable bonds is 6. The minimum absolute atomic E-state index is 0.184. The van der Waals surface area contributed by atoms with Crippen LogP contribution in [0.1, 0.15) is 10.6 Å². The number of halogens is 1. The Labute approximate surface area is 196 Å². The molecule has 7 nitrogen and oxygen atoms in total. The van der Waals surface area contributed by atoms with Crippen molar-refractivity contribution in [3.63, 3.8) is 0 Å². The lowest BCUT2D eigenvalue weighted by atomic mass is 10.1. The number of fused-ring (bicyclic) bond motifs is 1. The predicted octanol–water partition coefficient (Wildman–Crippen LogP) is 4.30. The van der Waals surface area contributed by atoms with Gasteiger partial charge >= 0.3 is 5.97 Å². The van der Waals surface area contributed by atoms with E-state index >= 15 is 0 Å². The molecule has 1 unspecified atom stereocenters. The van der Waals surface area contributed by atoms with Gasteiger partial charge in [-0.2, -0.15) is 0 Å². The van der Waals surface area contributed by atoms with Crippen LogP contribution in [0.25, 0.3) is 20.7 Å². The second-order valence-electron chi connectivity index (χ2n) is 7.67. The van der Waals surface area contributed by atoms with E-state index < -0.39 is 12.0 Å². The Morgan fingerprint density at radius 3 is 2.75 bits per heavy atom. The van der Waals surface area contributed by atoms with E-state index in [0.717, 1.165) is 35.6 Å². The molecular formula is C22H19ClN4O3S2. The van der Waals surface area contributed by atoms with Gasteiger partial charge in [0.15, 0.2) is 0 Å². The van der Waals surface area contributed by atoms with E-state index in [0.29, 0.717) is 6.54 Å². The van der Waals surface area contributed by atoms with Crippen LogP contribution >= 0.6 is 34.3 Å². The number of amides is 1. The number of hydrogen-bond acceptors (Lipinski definition) is 6. The average molecular weight is 487 g/mol. The van der Waals surface area contributed by atoms with E-state index in [1.54, 1.807) is 23.7 Å². The number of aromatic nitrogens is 2.